The number of unbranched alkanes of at least 4 members (excludes halogenated alkanes) is 33. The van der Waals surface area contributed by atoms with Gasteiger partial charge in [-0.25, -0.2) is 0 Å². The molecule has 3 N–H and O–H groups in total. The third kappa shape index (κ3) is 50.0. The SMILES string of the molecule is CC/C=C/C/C=C/C/C=C/C/C=C/CCCCCC(=O)OC(CCCCCCCCCCCCCCCCCC)CC(=O)NC(CO)C(O)CCCCCCCCCCCCCCCCCC. The molecule has 3 atom stereocenters. The summed E-state index contributed by atoms with van der Waals surface area (Å²) < 4.78 is 5.95. The summed E-state index contributed by atoms with van der Waals surface area (Å²) in [6.45, 7) is 6.40. The Morgan fingerprint density at radius 1 is 0.448 bits per heavy atom. The van der Waals surface area contributed by atoms with Crippen LogP contribution in [0.25, 0.3) is 0 Å². The summed E-state index contributed by atoms with van der Waals surface area (Å²) in [5.41, 5.74) is 0. The molecule has 0 aliphatic heterocycles. The van der Waals surface area contributed by atoms with Crippen LogP contribution in [-0.4, -0.2) is 46.9 Å². The Labute approximate surface area is 416 Å². The van der Waals surface area contributed by atoms with Crippen molar-refractivity contribution in [2.24, 2.45) is 0 Å². The Morgan fingerprint density at radius 3 is 1.21 bits per heavy atom. The number of carbonyl (C=O) groups excluding carboxylic acids is 2. The smallest absolute Gasteiger partial charge is 0.306 e. The zero-order valence-electron chi connectivity index (χ0n) is 44.8. The molecule has 0 aromatic heterocycles. The zero-order chi connectivity index (χ0) is 48.8. The van der Waals surface area contributed by atoms with E-state index in [2.05, 4.69) is 74.7 Å². The van der Waals surface area contributed by atoms with Gasteiger partial charge in [0.15, 0.2) is 0 Å². The molecule has 3 unspecified atom stereocenters. The number of amides is 1. The number of hydrogen-bond acceptors (Lipinski definition) is 5. The third-order valence-corrected chi connectivity index (χ3v) is 13.4. The second-order valence-corrected chi connectivity index (χ2v) is 20.0. The Hall–Kier alpha value is -2.18. The molecule has 0 heterocycles. The van der Waals surface area contributed by atoms with Crippen LogP contribution >= 0.6 is 0 Å². The summed E-state index contributed by atoms with van der Waals surface area (Å²) >= 11 is 0. The van der Waals surface area contributed by atoms with E-state index in [-0.39, 0.29) is 24.9 Å². The number of hydrogen-bond donors (Lipinski definition) is 3. The molecule has 0 saturated heterocycles. The van der Waals surface area contributed by atoms with Crippen LogP contribution in [0.3, 0.4) is 0 Å². The predicted molar refractivity (Wildman–Crippen MR) is 292 cm³/mol. The molecule has 0 rings (SSSR count). The molecule has 0 bridgehead atoms. The van der Waals surface area contributed by atoms with Gasteiger partial charge >= 0.3 is 5.97 Å². The highest BCUT2D eigenvalue weighted by Gasteiger charge is 2.24. The van der Waals surface area contributed by atoms with Crippen LogP contribution in [0.15, 0.2) is 48.6 Å². The summed E-state index contributed by atoms with van der Waals surface area (Å²) in [4.78, 5) is 26.3. The normalized spacial score (nSPS) is 13.4. The summed E-state index contributed by atoms with van der Waals surface area (Å²) in [7, 11) is 0. The van der Waals surface area contributed by atoms with E-state index in [4.69, 9.17) is 4.74 Å². The van der Waals surface area contributed by atoms with E-state index in [0.717, 1.165) is 77.0 Å². The average Bonchev–Trinajstić information content (AvgIpc) is 3.32. The fourth-order valence-electron chi connectivity index (χ4n) is 9.01. The minimum atomic E-state index is -0.793. The molecule has 0 fully saturated rings. The number of carbonyl (C=O) groups is 2. The maximum absolute atomic E-state index is 13.3. The summed E-state index contributed by atoms with van der Waals surface area (Å²) in [5.74, 6) is -0.495. The van der Waals surface area contributed by atoms with Gasteiger partial charge < -0.3 is 20.3 Å². The van der Waals surface area contributed by atoms with Gasteiger partial charge in [0, 0.05) is 6.42 Å². The van der Waals surface area contributed by atoms with Crippen molar-refractivity contribution < 1.29 is 24.5 Å². The van der Waals surface area contributed by atoms with E-state index in [0.29, 0.717) is 19.3 Å². The van der Waals surface area contributed by atoms with Gasteiger partial charge in [-0.05, 0) is 64.2 Å². The fraction of sp³-hybridized carbons (Fsp3) is 0.836. The standard InChI is InChI=1S/C61H113NO5/c1-4-7-10-13-16-19-22-25-28-31-34-37-40-43-46-49-52-57(67-61(66)54-51-48-45-42-39-36-33-30-27-24-21-18-15-12-9-6-3)55-60(65)62-58(56-63)59(64)53-50-47-44-41-38-35-32-29-26-23-20-17-14-11-8-5-2/h9,12,18,21,27,30,36,39,57-59,63-64H,4-8,10-11,13-17,19-20,22-26,28-29,31-35,37-38,40-56H2,1-3H3,(H,62,65)/b12-9+,21-18+,30-27+,39-36+. The summed E-state index contributed by atoms with van der Waals surface area (Å²) in [5, 5.41) is 23.9. The van der Waals surface area contributed by atoms with Gasteiger partial charge in [-0.3, -0.25) is 9.59 Å². The lowest BCUT2D eigenvalue weighted by Gasteiger charge is -2.24. The van der Waals surface area contributed by atoms with E-state index in [9.17, 15) is 19.8 Å². The summed E-state index contributed by atoms with van der Waals surface area (Å²) in [6, 6.07) is -0.707. The highest BCUT2D eigenvalue weighted by molar-refractivity contribution is 5.77. The molecule has 0 spiro atoms. The minimum absolute atomic E-state index is 0.0680. The number of allylic oxidation sites excluding steroid dienone is 8. The number of ether oxygens (including phenoxy) is 1. The predicted octanol–water partition coefficient (Wildman–Crippen LogP) is 18.2. The Morgan fingerprint density at radius 2 is 0.806 bits per heavy atom. The van der Waals surface area contributed by atoms with Crippen molar-refractivity contribution in [3.05, 3.63) is 48.6 Å². The molecular weight excluding hydrogens is 827 g/mol. The van der Waals surface area contributed by atoms with E-state index >= 15 is 0 Å². The first-order valence-electron chi connectivity index (χ1n) is 29.4. The topological polar surface area (TPSA) is 95.9 Å². The van der Waals surface area contributed by atoms with Gasteiger partial charge in [0.2, 0.25) is 5.91 Å². The molecule has 0 radical (unpaired) electrons. The number of aliphatic hydroxyl groups is 2. The van der Waals surface area contributed by atoms with Crippen LogP contribution in [0.2, 0.25) is 0 Å². The zero-order valence-corrected chi connectivity index (χ0v) is 44.8. The van der Waals surface area contributed by atoms with Crippen molar-refractivity contribution >= 4 is 11.9 Å². The molecule has 0 aromatic carbocycles. The second kappa shape index (κ2) is 54.8. The average molecular weight is 941 g/mol. The first kappa shape index (κ1) is 64.8. The second-order valence-electron chi connectivity index (χ2n) is 20.0. The van der Waals surface area contributed by atoms with Crippen LogP contribution in [0, 0.1) is 0 Å². The van der Waals surface area contributed by atoms with Crippen LogP contribution in [0.4, 0.5) is 0 Å². The monoisotopic (exact) mass is 940 g/mol. The molecule has 0 aliphatic carbocycles. The van der Waals surface area contributed by atoms with Gasteiger partial charge in [-0.1, -0.05) is 275 Å². The molecule has 6 nitrogen and oxygen atoms in total. The van der Waals surface area contributed by atoms with E-state index in [1.54, 1.807) is 0 Å². The van der Waals surface area contributed by atoms with Crippen molar-refractivity contribution in [1.29, 1.82) is 0 Å². The summed E-state index contributed by atoms with van der Waals surface area (Å²) in [6.07, 6.45) is 67.5. The lowest BCUT2D eigenvalue weighted by Crippen LogP contribution is -2.46. The maximum Gasteiger partial charge on any atom is 0.306 e. The molecule has 6 heteroatoms. The number of rotatable bonds is 53. The Balaban J connectivity index is 4.57. The molecule has 67 heavy (non-hydrogen) atoms. The lowest BCUT2D eigenvalue weighted by molar-refractivity contribution is -0.151. The number of nitrogens with one attached hydrogen (secondary N) is 1. The van der Waals surface area contributed by atoms with Crippen molar-refractivity contribution in [3.8, 4) is 0 Å². The molecule has 0 saturated carbocycles. The van der Waals surface area contributed by atoms with Gasteiger partial charge in [-0.15, -0.1) is 0 Å². The number of aliphatic hydroxyl groups excluding tert-OH is 2. The molecular formula is C61H113NO5. The number of esters is 1. The van der Waals surface area contributed by atoms with Crippen LogP contribution < -0.4 is 5.32 Å². The van der Waals surface area contributed by atoms with E-state index < -0.39 is 18.2 Å². The molecule has 0 aliphatic rings. The third-order valence-electron chi connectivity index (χ3n) is 13.4. The van der Waals surface area contributed by atoms with E-state index in [1.807, 2.05) is 0 Å². The molecule has 392 valence electrons. The highest BCUT2D eigenvalue weighted by atomic mass is 16.5. The first-order chi connectivity index (χ1) is 33.0. The Bertz CT molecular complexity index is 1150. The van der Waals surface area contributed by atoms with Crippen molar-refractivity contribution in [3.63, 3.8) is 0 Å². The Kier molecular flexibility index (Phi) is 53.0. The van der Waals surface area contributed by atoms with Crippen molar-refractivity contribution in [2.45, 2.75) is 322 Å². The largest absolute Gasteiger partial charge is 0.462 e. The fourth-order valence-corrected chi connectivity index (χ4v) is 9.01. The van der Waals surface area contributed by atoms with Gasteiger partial charge in [0.25, 0.3) is 0 Å². The molecule has 1 amide bonds. The first-order valence-corrected chi connectivity index (χ1v) is 29.4. The van der Waals surface area contributed by atoms with Gasteiger partial charge in [0.05, 0.1) is 25.2 Å². The lowest BCUT2D eigenvalue weighted by atomic mass is 10.0. The quantitative estimate of drug-likeness (QED) is 0.0321. The van der Waals surface area contributed by atoms with Crippen molar-refractivity contribution in [1.82, 2.24) is 5.32 Å². The van der Waals surface area contributed by atoms with Gasteiger partial charge in [-0.2, -0.15) is 0 Å². The van der Waals surface area contributed by atoms with Crippen LogP contribution in [0.1, 0.15) is 303 Å². The van der Waals surface area contributed by atoms with Gasteiger partial charge in [0.1, 0.15) is 6.10 Å². The minimum Gasteiger partial charge on any atom is -0.462 e. The van der Waals surface area contributed by atoms with Crippen LogP contribution in [-0.2, 0) is 14.3 Å². The molecule has 0 aromatic rings. The highest BCUT2D eigenvalue weighted by Crippen LogP contribution is 2.19. The van der Waals surface area contributed by atoms with Crippen molar-refractivity contribution in [2.75, 3.05) is 6.61 Å². The maximum atomic E-state index is 13.3. The van der Waals surface area contributed by atoms with Crippen LogP contribution in [0.5, 0.6) is 0 Å². The van der Waals surface area contributed by atoms with E-state index in [1.165, 1.54) is 180 Å².